The van der Waals surface area contributed by atoms with Crippen molar-refractivity contribution < 1.29 is 4.74 Å². The molecule has 0 fully saturated rings. The van der Waals surface area contributed by atoms with Gasteiger partial charge in [0.05, 0.1) is 6.61 Å². The standard InChI is InChI=1S/C25H40N2OS/c1-3-5-7-9-10-11-12-14-16-24-26-27-25(29-24)22-17-19-23(20-18-22)28-21-15-13-8-6-4-2/h17-20H,3-16,21H2,1-2H3. The topological polar surface area (TPSA) is 35.0 Å². The van der Waals surface area contributed by atoms with Gasteiger partial charge in [0, 0.05) is 12.0 Å². The normalized spacial score (nSPS) is 11.1. The molecule has 0 N–H and O–H groups in total. The molecule has 0 saturated heterocycles. The van der Waals surface area contributed by atoms with Gasteiger partial charge in [-0.15, -0.1) is 10.2 Å². The van der Waals surface area contributed by atoms with Crippen LogP contribution >= 0.6 is 11.3 Å². The number of aromatic nitrogens is 2. The highest BCUT2D eigenvalue weighted by molar-refractivity contribution is 7.14. The summed E-state index contributed by atoms with van der Waals surface area (Å²) in [5.74, 6) is 0.952. The van der Waals surface area contributed by atoms with Gasteiger partial charge in [-0.1, -0.05) is 95.8 Å². The van der Waals surface area contributed by atoms with Gasteiger partial charge in [0.2, 0.25) is 0 Å². The number of hydrogen-bond donors (Lipinski definition) is 0. The Morgan fingerprint density at radius 2 is 1.28 bits per heavy atom. The van der Waals surface area contributed by atoms with Gasteiger partial charge in [0.25, 0.3) is 0 Å². The lowest BCUT2D eigenvalue weighted by atomic mass is 10.1. The van der Waals surface area contributed by atoms with Crippen molar-refractivity contribution in [3.05, 3.63) is 29.3 Å². The molecule has 1 aromatic carbocycles. The molecule has 0 spiro atoms. The monoisotopic (exact) mass is 416 g/mol. The van der Waals surface area contributed by atoms with Crippen LogP contribution in [-0.4, -0.2) is 16.8 Å². The summed E-state index contributed by atoms with van der Waals surface area (Å²) in [5, 5.41) is 11.0. The van der Waals surface area contributed by atoms with Crippen molar-refractivity contribution in [2.75, 3.05) is 6.61 Å². The number of benzene rings is 1. The lowest BCUT2D eigenvalue weighted by molar-refractivity contribution is 0.304. The first-order chi connectivity index (χ1) is 14.3. The van der Waals surface area contributed by atoms with E-state index >= 15 is 0 Å². The van der Waals surface area contributed by atoms with Gasteiger partial charge < -0.3 is 4.74 Å². The van der Waals surface area contributed by atoms with E-state index in [1.165, 1.54) is 82.1 Å². The van der Waals surface area contributed by atoms with Crippen LogP contribution in [0.2, 0.25) is 0 Å². The molecule has 0 bridgehead atoms. The van der Waals surface area contributed by atoms with Crippen LogP contribution in [0, 0.1) is 0 Å². The molecule has 2 aromatic rings. The minimum absolute atomic E-state index is 0.810. The molecule has 0 aliphatic rings. The fourth-order valence-electron chi connectivity index (χ4n) is 3.47. The van der Waals surface area contributed by atoms with E-state index in [-0.39, 0.29) is 0 Å². The van der Waals surface area contributed by atoms with Crippen molar-refractivity contribution in [3.63, 3.8) is 0 Å². The Bertz CT molecular complexity index is 639. The summed E-state index contributed by atoms with van der Waals surface area (Å²) < 4.78 is 5.86. The predicted octanol–water partition coefficient (Wildman–Crippen LogP) is 8.24. The maximum Gasteiger partial charge on any atom is 0.147 e. The van der Waals surface area contributed by atoms with Gasteiger partial charge >= 0.3 is 0 Å². The number of unbranched alkanes of at least 4 members (excludes halogenated alkanes) is 11. The van der Waals surface area contributed by atoms with Crippen molar-refractivity contribution >= 4 is 11.3 Å². The summed E-state index contributed by atoms with van der Waals surface area (Å²) in [7, 11) is 0. The Morgan fingerprint density at radius 3 is 1.93 bits per heavy atom. The van der Waals surface area contributed by atoms with Gasteiger partial charge in [-0.25, -0.2) is 0 Å². The van der Waals surface area contributed by atoms with E-state index in [4.69, 9.17) is 4.74 Å². The maximum absolute atomic E-state index is 5.86. The summed E-state index contributed by atoms with van der Waals surface area (Å²) >= 11 is 1.73. The maximum atomic E-state index is 5.86. The quantitative estimate of drug-likeness (QED) is 0.243. The summed E-state index contributed by atoms with van der Waals surface area (Å²) in [4.78, 5) is 0. The molecule has 1 heterocycles. The molecule has 0 aliphatic heterocycles. The van der Waals surface area contributed by atoms with E-state index in [0.717, 1.165) is 35.8 Å². The average molecular weight is 417 g/mol. The fraction of sp³-hybridized carbons (Fsp3) is 0.680. The molecule has 2 rings (SSSR count). The number of rotatable bonds is 17. The Balaban J connectivity index is 1.63. The van der Waals surface area contributed by atoms with Crippen LogP contribution in [0.15, 0.2) is 24.3 Å². The zero-order valence-electron chi connectivity index (χ0n) is 18.6. The third-order valence-corrected chi connectivity index (χ3v) is 6.36. The molecule has 162 valence electrons. The van der Waals surface area contributed by atoms with Crippen LogP contribution in [0.25, 0.3) is 10.6 Å². The van der Waals surface area contributed by atoms with Crippen LogP contribution < -0.4 is 4.74 Å². The summed E-state index contributed by atoms with van der Waals surface area (Å²) in [6.45, 7) is 5.33. The van der Waals surface area contributed by atoms with Crippen molar-refractivity contribution in [2.24, 2.45) is 0 Å². The van der Waals surface area contributed by atoms with Crippen molar-refractivity contribution in [1.82, 2.24) is 10.2 Å². The molecular formula is C25H40N2OS. The molecule has 0 aliphatic carbocycles. The second-order valence-electron chi connectivity index (χ2n) is 8.01. The van der Waals surface area contributed by atoms with Gasteiger partial charge in [0.1, 0.15) is 15.8 Å². The first kappa shape index (κ1) is 23.9. The Labute approximate surface area is 182 Å². The lowest BCUT2D eigenvalue weighted by Crippen LogP contribution is -1.97. The van der Waals surface area contributed by atoms with E-state index in [1.54, 1.807) is 11.3 Å². The molecule has 4 heteroatoms. The van der Waals surface area contributed by atoms with E-state index in [1.807, 2.05) is 0 Å². The summed E-state index contributed by atoms with van der Waals surface area (Å²) in [6, 6.07) is 8.32. The molecule has 0 radical (unpaired) electrons. The zero-order valence-corrected chi connectivity index (χ0v) is 19.4. The molecule has 29 heavy (non-hydrogen) atoms. The van der Waals surface area contributed by atoms with Gasteiger partial charge in [-0.3, -0.25) is 0 Å². The summed E-state index contributed by atoms with van der Waals surface area (Å²) in [6.07, 6.45) is 18.2. The molecule has 0 atom stereocenters. The van der Waals surface area contributed by atoms with Crippen LogP contribution in [0.4, 0.5) is 0 Å². The Morgan fingerprint density at radius 1 is 0.690 bits per heavy atom. The largest absolute Gasteiger partial charge is 0.494 e. The highest BCUT2D eigenvalue weighted by Gasteiger charge is 2.07. The number of hydrogen-bond acceptors (Lipinski definition) is 4. The second-order valence-corrected chi connectivity index (χ2v) is 9.07. The van der Waals surface area contributed by atoms with Crippen LogP contribution in [-0.2, 0) is 6.42 Å². The second kappa shape index (κ2) is 15.4. The van der Waals surface area contributed by atoms with Gasteiger partial charge in [0.15, 0.2) is 0 Å². The Hall–Kier alpha value is -1.42. The average Bonchev–Trinajstić information content (AvgIpc) is 3.22. The minimum Gasteiger partial charge on any atom is -0.494 e. The third kappa shape index (κ3) is 10.3. The molecule has 0 amide bonds. The molecule has 1 aromatic heterocycles. The van der Waals surface area contributed by atoms with Crippen molar-refractivity contribution in [1.29, 1.82) is 0 Å². The predicted molar refractivity (Wildman–Crippen MR) is 126 cm³/mol. The first-order valence-electron chi connectivity index (χ1n) is 11.9. The van der Waals surface area contributed by atoms with Gasteiger partial charge in [-0.2, -0.15) is 0 Å². The Kier molecular flexibility index (Phi) is 12.7. The van der Waals surface area contributed by atoms with Crippen LogP contribution in [0.5, 0.6) is 5.75 Å². The highest BCUT2D eigenvalue weighted by atomic mass is 32.1. The van der Waals surface area contributed by atoms with Gasteiger partial charge in [-0.05, 0) is 37.1 Å². The zero-order chi connectivity index (χ0) is 20.6. The SMILES string of the molecule is CCCCCCCCCCc1nnc(-c2ccc(OCCCCCCC)cc2)s1. The van der Waals surface area contributed by atoms with E-state index in [9.17, 15) is 0 Å². The molecule has 0 saturated carbocycles. The smallest absolute Gasteiger partial charge is 0.147 e. The van der Waals surface area contributed by atoms with Crippen LogP contribution in [0.3, 0.4) is 0 Å². The van der Waals surface area contributed by atoms with E-state index in [2.05, 4.69) is 48.3 Å². The summed E-state index contributed by atoms with van der Waals surface area (Å²) in [5.41, 5.74) is 1.14. The highest BCUT2D eigenvalue weighted by Crippen LogP contribution is 2.26. The van der Waals surface area contributed by atoms with E-state index < -0.39 is 0 Å². The number of ether oxygens (including phenoxy) is 1. The fourth-order valence-corrected chi connectivity index (χ4v) is 4.36. The minimum atomic E-state index is 0.810. The first-order valence-corrected chi connectivity index (χ1v) is 12.7. The molecule has 0 unspecified atom stereocenters. The molecule has 3 nitrogen and oxygen atoms in total. The lowest BCUT2D eigenvalue weighted by Gasteiger charge is -2.06. The van der Waals surface area contributed by atoms with Crippen molar-refractivity contribution in [2.45, 2.75) is 104 Å². The van der Waals surface area contributed by atoms with Crippen molar-refractivity contribution in [3.8, 4) is 16.3 Å². The number of nitrogens with zero attached hydrogens (tertiary/aromatic N) is 2. The van der Waals surface area contributed by atoms with E-state index in [0.29, 0.717) is 0 Å². The number of aryl methyl sites for hydroxylation is 1. The molecular weight excluding hydrogens is 376 g/mol. The van der Waals surface area contributed by atoms with Crippen LogP contribution in [0.1, 0.15) is 102 Å². The third-order valence-electron chi connectivity index (χ3n) is 5.33.